The molecule has 0 aliphatic carbocycles. The summed E-state index contributed by atoms with van der Waals surface area (Å²) >= 11 is 0. The fourth-order valence-electron chi connectivity index (χ4n) is 3.29. The minimum Gasteiger partial charge on any atom is -0.338 e. The first-order valence-corrected chi connectivity index (χ1v) is 7.88. The highest BCUT2D eigenvalue weighted by atomic mass is 16.2. The van der Waals surface area contributed by atoms with Gasteiger partial charge in [-0.2, -0.15) is 0 Å². The minimum absolute atomic E-state index is 0.0492. The van der Waals surface area contributed by atoms with Crippen molar-refractivity contribution >= 4 is 17.8 Å². The van der Waals surface area contributed by atoms with E-state index in [1.54, 1.807) is 11.9 Å². The number of imide groups is 1. The van der Waals surface area contributed by atoms with Crippen LogP contribution in [0, 0.1) is 0 Å². The molecule has 1 aromatic carbocycles. The highest BCUT2D eigenvalue weighted by molar-refractivity contribution is 6.05. The molecular weight excluding hydrogens is 294 g/mol. The number of aryl methyl sites for hydroxylation is 1. The minimum atomic E-state index is -0.682. The van der Waals surface area contributed by atoms with Crippen LogP contribution in [0.25, 0.3) is 0 Å². The number of benzene rings is 1. The van der Waals surface area contributed by atoms with Crippen molar-refractivity contribution in [2.45, 2.75) is 31.8 Å². The van der Waals surface area contributed by atoms with Crippen LogP contribution in [0.4, 0.5) is 4.79 Å². The third kappa shape index (κ3) is 2.81. The topological polar surface area (TPSA) is 60.9 Å². The van der Waals surface area contributed by atoms with Gasteiger partial charge in [-0.15, -0.1) is 0 Å². The Hall–Kier alpha value is -2.37. The van der Waals surface area contributed by atoms with Crippen LogP contribution in [0.5, 0.6) is 0 Å². The number of urea groups is 1. The number of rotatable bonds is 2. The third-order valence-corrected chi connectivity index (χ3v) is 4.75. The molecule has 0 saturated carbocycles. The Balaban J connectivity index is 1.72. The van der Waals surface area contributed by atoms with Crippen LogP contribution >= 0.6 is 0 Å². The van der Waals surface area contributed by atoms with Gasteiger partial charge in [-0.1, -0.05) is 24.3 Å². The highest BCUT2D eigenvalue weighted by Gasteiger charge is 2.42. The molecule has 0 spiro atoms. The van der Waals surface area contributed by atoms with Crippen LogP contribution in [0.3, 0.4) is 0 Å². The normalized spacial score (nSPS) is 21.5. The van der Waals surface area contributed by atoms with E-state index in [0.717, 1.165) is 23.3 Å². The summed E-state index contributed by atoms with van der Waals surface area (Å²) in [5.41, 5.74) is 2.45. The summed E-state index contributed by atoms with van der Waals surface area (Å²) in [4.78, 5) is 40.8. The summed E-state index contributed by atoms with van der Waals surface area (Å²) in [5.74, 6) is -0.379. The lowest BCUT2D eigenvalue weighted by Crippen LogP contribution is -2.39. The summed E-state index contributed by atoms with van der Waals surface area (Å²) in [6, 6.07) is 7.11. The molecule has 4 amide bonds. The summed E-state index contributed by atoms with van der Waals surface area (Å²) < 4.78 is 0. The zero-order valence-corrected chi connectivity index (χ0v) is 13.5. The molecule has 2 heterocycles. The Bertz CT molecular complexity index is 658. The maximum absolute atomic E-state index is 12.6. The number of hydrogen-bond donors (Lipinski definition) is 0. The van der Waals surface area contributed by atoms with Crippen molar-refractivity contribution in [3.63, 3.8) is 0 Å². The molecular formula is C17H21N3O3. The molecule has 1 aromatic rings. The Labute approximate surface area is 135 Å². The second-order valence-electron chi connectivity index (χ2n) is 6.20. The van der Waals surface area contributed by atoms with Gasteiger partial charge in [0.15, 0.2) is 0 Å². The molecule has 1 atom stereocenters. The second-order valence-corrected chi connectivity index (χ2v) is 6.20. The average molecular weight is 315 g/mol. The lowest BCUT2D eigenvalue weighted by molar-refractivity contribution is -0.136. The summed E-state index contributed by atoms with van der Waals surface area (Å²) in [5, 5.41) is 0. The Morgan fingerprint density at radius 2 is 1.87 bits per heavy atom. The van der Waals surface area contributed by atoms with Crippen LogP contribution in [0.15, 0.2) is 24.3 Å². The van der Waals surface area contributed by atoms with Gasteiger partial charge < -0.3 is 9.80 Å². The first kappa shape index (κ1) is 15.5. The Kier molecular flexibility index (Phi) is 4.07. The van der Waals surface area contributed by atoms with Gasteiger partial charge in [-0.3, -0.25) is 14.5 Å². The van der Waals surface area contributed by atoms with Gasteiger partial charge in [-0.05, 0) is 24.0 Å². The zero-order valence-electron chi connectivity index (χ0n) is 13.5. The summed E-state index contributed by atoms with van der Waals surface area (Å²) in [6.07, 6.45) is 1.92. The smallest absolute Gasteiger partial charge is 0.326 e. The number of hydrogen-bond acceptors (Lipinski definition) is 3. The fraction of sp³-hybridized carbons (Fsp3) is 0.471. The van der Waals surface area contributed by atoms with Crippen LogP contribution < -0.4 is 0 Å². The quantitative estimate of drug-likeness (QED) is 0.772. The van der Waals surface area contributed by atoms with E-state index >= 15 is 0 Å². The van der Waals surface area contributed by atoms with E-state index in [2.05, 4.69) is 6.07 Å². The van der Waals surface area contributed by atoms with Gasteiger partial charge in [0.1, 0.15) is 6.04 Å². The monoisotopic (exact) mass is 315 g/mol. The number of fused-ring (bicyclic) bond motifs is 1. The molecule has 1 saturated heterocycles. The van der Waals surface area contributed by atoms with E-state index in [0.29, 0.717) is 13.1 Å². The van der Waals surface area contributed by atoms with E-state index < -0.39 is 6.04 Å². The van der Waals surface area contributed by atoms with Gasteiger partial charge >= 0.3 is 6.03 Å². The summed E-state index contributed by atoms with van der Waals surface area (Å²) in [6.45, 7) is 1.26. The maximum Gasteiger partial charge on any atom is 0.326 e. The predicted octanol–water partition coefficient (Wildman–Crippen LogP) is 1.24. The van der Waals surface area contributed by atoms with E-state index in [1.807, 2.05) is 18.2 Å². The molecule has 122 valence electrons. The average Bonchev–Trinajstić information content (AvgIpc) is 2.75. The molecule has 2 aliphatic rings. The maximum atomic E-state index is 12.6. The Morgan fingerprint density at radius 3 is 2.52 bits per heavy atom. The molecule has 6 nitrogen and oxygen atoms in total. The van der Waals surface area contributed by atoms with Crippen molar-refractivity contribution in [3.8, 4) is 0 Å². The van der Waals surface area contributed by atoms with Gasteiger partial charge in [-0.25, -0.2) is 4.79 Å². The molecule has 1 fully saturated rings. The van der Waals surface area contributed by atoms with Crippen molar-refractivity contribution < 1.29 is 14.4 Å². The first-order valence-electron chi connectivity index (χ1n) is 7.88. The fourth-order valence-corrected chi connectivity index (χ4v) is 3.29. The van der Waals surface area contributed by atoms with Gasteiger partial charge in [0.05, 0.1) is 6.42 Å². The number of carbonyl (C=O) groups is 3. The van der Waals surface area contributed by atoms with Crippen LogP contribution in [0.1, 0.15) is 24.0 Å². The molecule has 0 radical (unpaired) electrons. The zero-order chi connectivity index (χ0) is 16.6. The lowest BCUT2D eigenvalue weighted by atomic mass is 10.0. The largest absolute Gasteiger partial charge is 0.338 e. The molecule has 0 bridgehead atoms. The van der Waals surface area contributed by atoms with E-state index in [1.165, 1.54) is 17.5 Å². The number of amides is 4. The van der Waals surface area contributed by atoms with Crippen LogP contribution in [-0.2, 0) is 22.6 Å². The molecule has 6 heteroatoms. The molecule has 0 N–H and O–H groups in total. The van der Waals surface area contributed by atoms with Crippen molar-refractivity contribution in [3.05, 3.63) is 35.4 Å². The standard InChI is InChI=1S/C17H21N3O3/c1-18-14(16(22)19(2)17(18)23)10-15(21)20-9-5-8-12-6-3-4-7-13(12)11-20/h3-4,6-7,14H,5,8-11H2,1-2H3. The summed E-state index contributed by atoms with van der Waals surface area (Å²) in [7, 11) is 3.02. The Morgan fingerprint density at radius 1 is 1.17 bits per heavy atom. The van der Waals surface area contributed by atoms with Crippen molar-refractivity contribution in [1.29, 1.82) is 0 Å². The van der Waals surface area contributed by atoms with Gasteiger partial charge in [0.2, 0.25) is 5.91 Å². The van der Waals surface area contributed by atoms with Crippen LogP contribution in [0.2, 0.25) is 0 Å². The predicted molar refractivity (Wildman–Crippen MR) is 84.5 cm³/mol. The molecule has 2 aliphatic heterocycles. The SMILES string of the molecule is CN1C(=O)C(CC(=O)N2CCCc3ccccc3C2)N(C)C1=O. The number of carbonyl (C=O) groups excluding carboxylic acids is 3. The lowest BCUT2D eigenvalue weighted by Gasteiger charge is -2.24. The molecule has 3 rings (SSSR count). The molecule has 1 unspecified atom stereocenters. The van der Waals surface area contributed by atoms with Crippen LogP contribution in [-0.4, -0.2) is 59.2 Å². The first-order chi connectivity index (χ1) is 11.0. The molecule has 23 heavy (non-hydrogen) atoms. The van der Waals surface area contributed by atoms with E-state index in [-0.39, 0.29) is 24.3 Å². The number of nitrogens with zero attached hydrogens (tertiary/aromatic N) is 3. The molecule has 0 aromatic heterocycles. The van der Waals surface area contributed by atoms with Gasteiger partial charge in [0, 0.05) is 27.2 Å². The third-order valence-electron chi connectivity index (χ3n) is 4.75. The van der Waals surface area contributed by atoms with Crippen molar-refractivity contribution in [1.82, 2.24) is 14.7 Å². The van der Waals surface area contributed by atoms with Crippen molar-refractivity contribution in [2.75, 3.05) is 20.6 Å². The second kappa shape index (κ2) is 6.02. The number of likely N-dealkylation sites (N-methyl/N-ethyl adjacent to an activating group) is 2. The van der Waals surface area contributed by atoms with E-state index in [4.69, 9.17) is 0 Å². The van der Waals surface area contributed by atoms with Gasteiger partial charge in [0.25, 0.3) is 5.91 Å². The highest BCUT2D eigenvalue weighted by Crippen LogP contribution is 2.22. The van der Waals surface area contributed by atoms with Crippen molar-refractivity contribution in [2.24, 2.45) is 0 Å². The van der Waals surface area contributed by atoms with E-state index in [9.17, 15) is 14.4 Å².